The average Bonchev–Trinajstić information content (AvgIpc) is 1.91. The molecule has 0 radical (unpaired) electrons. The fourth-order valence-corrected chi connectivity index (χ4v) is 1.51. The van der Waals surface area contributed by atoms with Crippen LogP contribution in [0, 0.1) is 5.92 Å². The summed E-state index contributed by atoms with van der Waals surface area (Å²) in [5.41, 5.74) is 0. The van der Waals surface area contributed by atoms with Crippen molar-refractivity contribution in [2.75, 3.05) is 0 Å². The zero-order valence-electron chi connectivity index (χ0n) is 5.73. The Morgan fingerprint density at radius 1 is 1.22 bits per heavy atom. The summed E-state index contributed by atoms with van der Waals surface area (Å²) in [6.07, 6.45) is 9.21. The van der Waals surface area contributed by atoms with Crippen molar-refractivity contribution in [1.29, 1.82) is 0 Å². The molecule has 0 heterocycles. The maximum absolute atomic E-state index is 9.95. The van der Waals surface area contributed by atoms with Gasteiger partial charge in [-0.15, -0.1) is 6.42 Å². The van der Waals surface area contributed by atoms with Gasteiger partial charge in [0.25, 0.3) is 0 Å². The van der Waals surface area contributed by atoms with Gasteiger partial charge in [-0.1, -0.05) is 38.0 Å². The van der Waals surface area contributed by atoms with E-state index in [0.29, 0.717) is 12.3 Å². The number of carbonyl (C=O) groups excluding carboxylic acids is 1. The average molecular weight is 125 g/mol. The van der Waals surface area contributed by atoms with E-state index in [1.807, 2.05) is 6.29 Å². The van der Waals surface area contributed by atoms with Crippen LogP contribution in [0.5, 0.6) is 0 Å². The molecule has 1 nitrogen and oxygen atoms in total. The van der Waals surface area contributed by atoms with Crippen molar-refractivity contribution in [2.45, 2.75) is 38.5 Å². The van der Waals surface area contributed by atoms with Gasteiger partial charge < -0.3 is 4.79 Å². The molecule has 1 aliphatic carbocycles. The Bertz CT molecular complexity index is 82.6. The number of hydrogen-bond acceptors (Lipinski definition) is 1. The summed E-state index contributed by atoms with van der Waals surface area (Å²) in [6.45, 7) is 0. The van der Waals surface area contributed by atoms with Crippen LogP contribution in [-0.2, 0) is 4.79 Å². The fourth-order valence-electron chi connectivity index (χ4n) is 1.51. The molecule has 0 atom stereocenters. The lowest BCUT2D eigenvalue weighted by Crippen LogP contribution is -2.05. The van der Waals surface area contributed by atoms with Crippen molar-refractivity contribution < 1.29 is 4.79 Å². The predicted molar refractivity (Wildman–Crippen MR) is 36.9 cm³/mol. The van der Waals surface area contributed by atoms with E-state index >= 15 is 0 Å². The Morgan fingerprint density at radius 3 is 2.44 bits per heavy atom. The molecule has 1 fully saturated rings. The SMILES string of the molecule is O=[C-]CC1CCCCC1. The predicted octanol–water partition coefficient (Wildman–Crippen LogP) is 2.07. The van der Waals surface area contributed by atoms with E-state index in [0.717, 1.165) is 0 Å². The van der Waals surface area contributed by atoms with Gasteiger partial charge in [0.2, 0.25) is 0 Å². The number of rotatable bonds is 2. The molecule has 0 bridgehead atoms. The summed E-state index contributed by atoms with van der Waals surface area (Å²) >= 11 is 0. The van der Waals surface area contributed by atoms with Crippen LogP contribution in [-0.4, -0.2) is 6.29 Å². The molecule has 0 unspecified atom stereocenters. The molecule has 0 aliphatic heterocycles. The second kappa shape index (κ2) is 3.65. The first-order valence-corrected chi connectivity index (χ1v) is 3.78. The maximum atomic E-state index is 9.95. The Labute approximate surface area is 56.4 Å². The lowest BCUT2D eigenvalue weighted by molar-refractivity contribution is 0.362. The zero-order chi connectivity index (χ0) is 6.53. The molecule has 0 spiro atoms. The first-order chi connectivity index (χ1) is 4.43. The van der Waals surface area contributed by atoms with Gasteiger partial charge >= 0.3 is 0 Å². The first kappa shape index (κ1) is 6.79. The van der Waals surface area contributed by atoms with Crippen LogP contribution in [0.15, 0.2) is 0 Å². The lowest BCUT2D eigenvalue weighted by Gasteiger charge is -2.22. The van der Waals surface area contributed by atoms with E-state index in [1.54, 1.807) is 0 Å². The zero-order valence-corrected chi connectivity index (χ0v) is 5.73. The molecule has 0 saturated heterocycles. The van der Waals surface area contributed by atoms with Crippen LogP contribution in [0.3, 0.4) is 0 Å². The van der Waals surface area contributed by atoms with E-state index in [2.05, 4.69) is 0 Å². The Hall–Kier alpha value is -0.330. The molecule has 1 saturated carbocycles. The molecule has 1 aliphatic rings. The number of hydrogen-bond donors (Lipinski definition) is 0. The van der Waals surface area contributed by atoms with E-state index in [1.165, 1.54) is 32.1 Å². The summed E-state index contributed by atoms with van der Waals surface area (Å²) in [5, 5.41) is 0. The molecule has 0 aromatic carbocycles. The van der Waals surface area contributed by atoms with Gasteiger partial charge in [-0.2, -0.15) is 0 Å². The minimum absolute atomic E-state index is 0.677. The first-order valence-electron chi connectivity index (χ1n) is 3.78. The van der Waals surface area contributed by atoms with Crippen LogP contribution in [0.1, 0.15) is 38.5 Å². The molecule has 1 rings (SSSR count). The van der Waals surface area contributed by atoms with Crippen LogP contribution >= 0.6 is 0 Å². The molecule has 0 N–H and O–H groups in total. The van der Waals surface area contributed by atoms with Crippen LogP contribution in [0.4, 0.5) is 0 Å². The summed E-state index contributed by atoms with van der Waals surface area (Å²) in [4.78, 5) is 9.95. The van der Waals surface area contributed by atoms with Gasteiger partial charge in [0, 0.05) is 0 Å². The summed E-state index contributed by atoms with van der Waals surface area (Å²) < 4.78 is 0. The van der Waals surface area contributed by atoms with Gasteiger partial charge in [-0.3, -0.25) is 6.29 Å². The highest BCUT2D eigenvalue weighted by Crippen LogP contribution is 2.24. The standard InChI is InChI=1S/C8H13O/c9-7-6-8-4-2-1-3-5-8/h8H,1-6H2/q-1. The molecule has 1 heteroatoms. The second-order valence-electron chi connectivity index (χ2n) is 2.85. The van der Waals surface area contributed by atoms with Crippen LogP contribution in [0.2, 0.25) is 0 Å². The van der Waals surface area contributed by atoms with E-state index < -0.39 is 0 Å². The van der Waals surface area contributed by atoms with Gasteiger partial charge in [0.1, 0.15) is 0 Å². The van der Waals surface area contributed by atoms with Crippen molar-refractivity contribution in [1.82, 2.24) is 0 Å². The Balaban J connectivity index is 2.15. The molecule has 52 valence electrons. The van der Waals surface area contributed by atoms with E-state index in [4.69, 9.17) is 0 Å². The summed E-state index contributed by atoms with van der Waals surface area (Å²) in [6, 6.07) is 0. The minimum atomic E-state index is 0.677. The molecule has 0 amide bonds. The van der Waals surface area contributed by atoms with Crippen LogP contribution in [0.25, 0.3) is 0 Å². The molecular weight excluding hydrogens is 112 g/mol. The van der Waals surface area contributed by atoms with Crippen LogP contribution < -0.4 is 0 Å². The molecule has 0 aromatic heterocycles. The Kier molecular flexibility index (Phi) is 2.75. The smallest absolute Gasteiger partial charge is 0.0527 e. The third-order valence-electron chi connectivity index (χ3n) is 2.10. The quantitative estimate of drug-likeness (QED) is 0.516. The monoisotopic (exact) mass is 125 g/mol. The second-order valence-corrected chi connectivity index (χ2v) is 2.85. The van der Waals surface area contributed by atoms with Gasteiger partial charge in [0.15, 0.2) is 0 Å². The van der Waals surface area contributed by atoms with Gasteiger partial charge in [0.05, 0.1) is 0 Å². The van der Waals surface area contributed by atoms with E-state index in [-0.39, 0.29) is 0 Å². The highest BCUT2D eigenvalue weighted by Gasteiger charge is 2.08. The van der Waals surface area contributed by atoms with Crippen molar-refractivity contribution >= 4 is 6.29 Å². The lowest BCUT2D eigenvalue weighted by atomic mass is 9.87. The van der Waals surface area contributed by atoms with E-state index in [9.17, 15) is 4.79 Å². The highest BCUT2D eigenvalue weighted by molar-refractivity contribution is 5.50. The van der Waals surface area contributed by atoms with Crippen molar-refractivity contribution in [2.24, 2.45) is 5.92 Å². The van der Waals surface area contributed by atoms with Gasteiger partial charge in [-0.05, 0) is 0 Å². The van der Waals surface area contributed by atoms with Gasteiger partial charge in [-0.25, -0.2) is 0 Å². The molecular formula is C8H13O-. The third-order valence-corrected chi connectivity index (χ3v) is 2.10. The normalized spacial score (nSPS) is 21.8. The third kappa shape index (κ3) is 2.17. The maximum Gasteiger partial charge on any atom is -0.0527 e. The van der Waals surface area contributed by atoms with Crippen molar-refractivity contribution in [3.05, 3.63) is 0 Å². The minimum Gasteiger partial charge on any atom is -0.542 e. The highest BCUT2D eigenvalue weighted by atomic mass is 16.1. The topological polar surface area (TPSA) is 17.1 Å². The fraction of sp³-hybridized carbons (Fsp3) is 0.875. The van der Waals surface area contributed by atoms with Crippen molar-refractivity contribution in [3.63, 3.8) is 0 Å². The largest absolute Gasteiger partial charge is 0.542 e. The molecule has 0 aromatic rings. The summed E-state index contributed by atoms with van der Waals surface area (Å²) in [7, 11) is 0. The van der Waals surface area contributed by atoms with Crippen molar-refractivity contribution in [3.8, 4) is 0 Å². The molecule has 9 heavy (non-hydrogen) atoms. The Morgan fingerprint density at radius 2 is 1.89 bits per heavy atom. The summed E-state index contributed by atoms with van der Waals surface area (Å²) in [5.74, 6) is 0.677.